The molecule has 0 unspecified atom stereocenters. The van der Waals surface area contributed by atoms with Crippen LogP contribution < -0.4 is 5.32 Å². The number of halogens is 1. The summed E-state index contributed by atoms with van der Waals surface area (Å²) in [7, 11) is 0. The third kappa shape index (κ3) is 5.18. The van der Waals surface area contributed by atoms with Gasteiger partial charge in [0.05, 0.1) is 11.0 Å². The number of amides is 2. The maximum Gasteiger partial charge on any atom is 0.410 e. The van der Waals surface area contributed by atoms with Gasteiger partial charge in [-0.05, 0) is 70.6 Å². The Bertz CT molecular complexity index is 994. The summed E-state index contributed by atoms with van der Waals surface area (Å²) in [5.41, 5.74) is 1.04. The fraction of sp³-hybridized carbons (Fsp3) is 0.609. The quantitative estimate of drug-likeness (QED) is 0.725. The van der Waals surface area contributed by atoms with Gasteiger partial charge in [-0.25, -0.2) is 9.78 Å². The van der Waals surface area contributed by atoms with E-state index in [1.54, 1.807) is 6.07 Å². The molecular weight excluding hydrogens is 432 g/mol. The predicted molar refractivity (Wildman–Crippen MR) is 123 cm³/mol. The number of ether oxygens (including phenoxy) is 2. The molecule has 0 aliphatic carbocycles. The molecule has 9 heteroatoms. The first-order valence-electron chi connectivity index (χ1n) is 11.3. The molecule has 0 radical (unpaired) electrons. The molecule has 1 N–H and O–H groups in total. The number of nitrogens with one attached hydrogen (secondary N) is 1. The summed E-state index contributed by atoms with van der Waals surface area (Å²) in [6.07, 6.45) is 2.83. The van der Waals surface area contributed by atoms with Crippen LogP contribution in [0.4, 0.5) is 10.7 Å². The average Bonchev–Trinajstić information content (AvgIpc) is 3.33. The molecule has 0 bridgehead atoms. The van der Waals surface area contributed by atoms with E-state index >= 15 is 0 Å². The van der Waals surface area contributed by atoms with Gasteiger partial charge >= 0.3 is 6.09 Å². The Morgan fingerprint density at radius 1 is 1.25 bits per heavy atom. The first kappa shape index (κ1) is 22.9. The number of nitrogens with zero attached hydrogens (tertiary/aromatic N) is 3. The van der Waals surface area contributed by atoms with E-state index in [4.69, 9.17) is 21.1 Å². The molecule has 2 saturated heterocycles. The molecule has 1 aromatic heterocycles. The molecule has 2 fully saturated rings. The van der Waals surface area contributed by atoms with Crippen molar-refractivity contribution in [1.82, 2.24) is 14.5 Å². The number of fused-ring (bicyclic) bond motifs is 1. The maximum absolute atomic E-state index is 13.2. The van der Waals surface area contributed by atoms with Crippen molar-refractivity contribution in [3.8, 4) is 0 Å². The fourth-order valence-electron chi connectivity index (χ4n) is 4.34. The minimum absolute atomic E-state index is 0.247. The van der Waals surface area contributed by atoms with Gasteiger partial charge in [-0.15, -0.1) is 0 Å². The molecule has 8 nitrogen and oxygen atoms in total. The molecule has 1 atom stereocenters. The van der Waals surface area contributed by atoms with Gasteiger partial charge in [-0.1, -0.05) is 11.6 Å². The Kier molecular flexibility index (Phi) is 6.62. The second kappa shape index (κ2) is 9.27. The standard InChI is InChI=1S/C23H31ClN4O4/c1-23(2,3)32-22(30)27-10-4-5-19(27)20(29)26-21-25-17-13-16(24)6-7-18(17)28(21)14-15-8-11-31-12-9-15/h6-7,13,15,19H,4-5,8-12,14H2,1-3H3,(H,25,26,29)/t19-/m0/s1. The molecule has 2 aromatic rings. The van der Waals surface area contributed by atoms with Crippen LogP contribution in [-0.4, -0.2) is 57.9 Å². The lowest BCUT2D eigenvalue weighted by Crippen LogP contribution is -2.45. The monoisotopic (exact) mass is 462 g/mol. The number of hydrogen-bond acceptors (Lipinski definition) is 5. The summed E-state index contributed by atoms with van der Waals surface area (Å²) in [4.78, 5) is 32.0. The Labute approximate surface area is 193 Å². The van der Waals surface area contributed by atoms with Crippen molar-refractivity contribution >= 4 is 40.6 Å². The number of anilines is 1. The van der Waals surface area contributed by atoms with Gasteiger partial charge < -0.3 is 14.0 Å². The van der Waals surface area contributed by atoms with Crippen LogP contribution in [0.5, 0.6) is 0 Å². The topological polar surface area (TPSA) is 85.7 Å². The summed E-state index contributed by atoms with van der Waals surface area (Å²) in [5, 5.41) is 3.58. The van der Waals surface area contributed by atoms with Crippen LogP contribution >= 0.6 is 11.6 Å². The van der Waals surface area contributed by atoms with Gasteiger partial charge in [0.15, 0.2) is 0 Å². The van der Waals surface area contributed by atoms with Gasteiger partial charge in [-0.3, -0.25) is 15.0 Å². The smallest absolute Gasteiger partial charge is 0.410 e. The lowest BCUT2D eigenvalue weighted by molar-refractivity contribution is -0.120. The van der Waals surface area contributed by atoms with Crippen LogP contribution in [0.1, 0.15) is 46.5 Å². The van der Waals surface area contributed by atoms with Crippen molar-refractivity contribution in [1.29, 1.82) is 0 Å². The van der Waals surface area contributed by atoms with E-state index in [9.17, 15) is 9.59 Å². The van der Waals surface area contributed by atoms with Gasteiger partial charge in [-0.2, -0.15) is 0 Å². The third-order valence-corrected chi connectivity index (χ3v) is 6.15. The molecule has 4 rings (SSSR count). The molecule has 2 aliphatic rings. The summed E-state index contributed by atoms with van der Waals surface area (Å²) >= 11 is 6.18. The molecule has 174 valence electrons. The molecule has 2 amide bonds. The van der Waals surface area contributed by atoms with Crippen molar-refractivity contribution in [3.05, 3.63) is 23.2 Å². The van der Waals surface area contributed by atoms with Crippen molar-refractivity contribution in [3.63, 3.8) is 0 Å². The SMILES string of the molecule is CC(C)(C)OC(=O)N1CCC[C@H]1C(=O)Nc1nc2cc(Cl)ccc2n1CC1CCOCC1. The van der Waals surface area contributed by atoms with Gasteiger partial charge in [0.1, 0.15) is 11.6 Å². The van der Waals surface area contributed by atoms with E-state index in [0.29, 0.717) is 29.9 Å². The Balaban J connectivity index is 1.56. The zero-order chi connectivity index (χ0) is 22.9. The maximum atomic E-state index is 13.2. The van der Waals surface area contributed by atoms with Crippen LogP contribution in [0.3, 0.4) is 0 Å². The third-order valence-electron chi connectivity index (χ3n) is 5.91. The highest BCUT2D eigenvalue weighted by Crippen LogP contribution is 2.28. The van der Waals surface area contributed by atoms with E-state index in [1.807, 2.05) is 37.5 Å². The number of carbonyl (C=O) groups excluding carboxylic acids is 2. The summed E-state index contributed by atoms with van der Waals surface area (Å²) in [6, 6.07) is 4.99. The minimum atomic E-state index is -0.613. The van der Waals surface area contributed by atoms with Crippen LogP contribution in [0, 0.1) is 5.92 Å². The molecule has 0 saturated carbocycles. The van der Waals surface area contributed by atoms with Gasteiger partial charge in [0, 0.05) is 31.3 Å². The molecule has 3 heterocycles. The van der Waals surface area contributed by atoms with Crippen molar-refractivity contribution < 1.29 is 19.1 Å². The second-order valence-electron chi connectivity index (χ2n) is 9.56. The van der Waals surface area contributed by atoms with E-state index in [-0.39, 0.29) is 5.91 Å². The van der Waals surface area contributed by atoms with E-state index in [0.717, 1.165) is 50.1 Å². The molecule has 32 heavy (non-hydrogen) atoms. The predicted octanol–water partition coefficient (Wildman–Crippen LogP) is 4.45. The van der Waals surface area contributed by atoms with Crippen LogP contribution in [0.25, 0.3) is 11.0 Å². The number of hydrogen-bond donors (Lipinski definition) is 1. The lowest BCUT2D eigenvalue weighted by atomic mass is 10.0. The van der Waals surface area contributed by atoms with Crippen LogP contribution in [-0.2, 0) is 20.8 Å². The minimum Gasteiger partial charge on any atom is -0.444 e. The zero-order valence-corrected chi connectivity index (χ0v) is 19.7. The van der Waals surface area contributed by atoms with E-state index in [2.05, 4.69) is 10.3 Å². The Hall–Kier alpha value is -2.32. The molecule has 0 spiro atoms. The summed E-state index contributed by atoms with van der Waals surface area (Å²) in [5.74, 6) is 0.676. The normalized spacial score (nSPS) is 20.0. The van der Waals surface area contributed by atoms with E-state index in [1.165, 1.54) is 4.90 Å². The van der Waals surface area contributed by atoms with E-state index < -0.39 is 17.7 Å². The van der Waals surface area contributed by atoms with Gasteiger partial charge in [0.2, 0.25) is 11.9 Å². The fourth-order valence-corrected chi connectivity index (χ4v) is 4.51. The number of imidazole rings is 1. The molecule has 2 aliphatic heterocycles. The number of carbonyl (C=O) groups is 2. The highest BCUT2D eigenvalue weighted by Gasteiger charge is 2.37. The molecule has 1 aromatic carbocycles. The van der Waals surface area contributed by atoms with Crippen LogP contribution in [0.2, 0.25) is 5.02 Å². The number of benzene rings is 1. The second-order valence-corrected chi connectivity index (χ2v) is 9.99. The van der Waals surface area contributed by atoms with Crippen molar-refractivity contribution in [2.24, 2.45) is 5.92 Å². The number of aromatic nitrogens is 2. The highest BCUT2D eigenvalue weighted by atomic mass is 35.5. The number of rotatable bonds is 4. The first-order chi connectivity index (χ1) is 15.2. The zero-order valence-electron chi connectivity index (χ0n) is 18.9. The lowest BCUT2D eigenvalue weighted by Gasteiger charge is -2.28. The Morgan fingerprint density at radius 2 is 2.00 bits per heavy atom. The molecular formula is C23H31ClN4O4. The summed E-state index contributed by atoms with van der Waals surface area (Å²) in [6.45, 7) is 8.19. The van der Waals surface area contributed by atoms with Crippen molar-refractivity contribution in [2.75, 3.05) is 25.1 Å². The van der Waals surface area contributed by atoms with Crippen molar-refractivity contribution in [2.45, 2.75) is 64.6 Å². The Morgan fingerprint density at radius 3 is 2.72 bits per heavy atom. The summed E-state index contributed by atoms with van der Waals surface area (Å²) < 4.78 is 13.0. The van der Waals surface area contributed by atoms with Crippen LogP contribution in [0.15, 0.2) is 18.2 Å². The largest absolute Gasteiger partial charge is 0.444 e. The number of likely N-dealkylation sites (tertiary alicyclic amines) is 1. The van der Waals surface area contributed by atoms with Gasteiger partial charge in [0.25, 0.3) is 0 Å². The first-order valence-corrected chi connectivity index (χ1v) is 11.6. The average molecular weight is 463 g/mol. The highest BCUT2D eigenvalue weighted by molar-refractivity contribution is 6.31.